The van der Waals surface area contributed by atoms with Gasteiger partial charge in [0.1, 0.15) is 4.90 Å². The molecular weight excluding hydrogens is 355 g/mol. The average Bonchev–Trinajstić information content (AvgIpc) is 2.39. The van der Waals surface area contributed by atoms with E-state index in [1.54, 1.807) is 18.2 Å². The number of hydrogen-bond acceptors (Lipinski definition) is 3. The average molecular weight is 374 g/mol. The van der Waals surface area contributed by atoms with Crippen molar-refractivity contribution in [3.8, 4) is 0 Å². The van der Waals surface area contributed by atoms with Crippen molar-refractivity contribution in [3.05, 3.63) is 28.2 Å². The van der Waals surface area contributed by atoms with Crippen molar-refractivity contribution >= 4 is 45.6 Å². The fourth-order valence-corrected chi connectivity index (χ4v) is 5.06. The maximum atomic E-state index is 12.6. The summed E-state index contributed by atoms with van der Waals surface area (Å²) in [6.07, 6.45) is 1.70. The van der Waals surface area contributed by atoms with E-state index < -0.39 is 10.0 Å². The standard InChI is InChI=1S/C13H18Cl2N2O2S.ClH/c1-16-9-10-5-7-17(8-6-10)20(18,19)13-11(14)3-2-4-12(13)15;/h2-4,10,16H,5-9H2,1H3;1H. The molecule has 1 saturated heterocycles. The Morgan fingerprint density at radius 1 is 1.24 bits per heavy atom. The lowest BCUT2D eigenvalue weighted by molar-refractivity contribution is 0.271. The molecule has 1 aliphatic rings. The van der Waals surface area contributed by atoms with Gasteiger partial charge in [-0.25, -0.2) is 8.42 Å². The minimum Gasteiger partial charge on any atom is -0.319 e. The molecule has 0 aromatic heterocycles. The first-order valence-electron chi connectivity index (χ1n) is 6.55. The minimum atomic E-state index is -3.61. The van der Waals surface area contributed by atoms with E-state index in [0.717, 1.165) is 19.4 Å². The highest BCUT2D eigenvalue weighted by molar-refractivity contribution is 7.89. The van der Waals surface area contributed by atoms with Crippen molar-refractivity contribution in [1.82, 2.24) is 9.62 Å². The third-order valence-electron chi connectivity index (χ3n) is 3.58. The Morgan fingerprint density at radius 2 is 1.76 bits per heavy atom. The highest BCUT2D eigenvalue weighted by Gasteiger charge is 2.32. The van der Waals surface area contributed by atoms with Crippen molar-refractivity contribution in [3.63, 3.8) is 0 Å². The van der Waals surface area contributed by atoms with Crippen LogP contribution in [-0.2, 0) is 10.0 Å². The normalized spacial score (nSPS) is 17.5. The Labute approximate surface area is 142 Å². The summed E-state index contributed by atoms with van der Waals surface area (Å²) in [7, 11) is -1.70. The van der Waals surface area contributed by atoms with E-state index in [1.165, 1.54) is 4.31 Å². The first-order chi connectivity index (χ1) is 9.46. The molecule has 0 atom stereocenters. The van der Waals surface area contributed by atoms with E-state index in [4.69, 9.17) is 23.2 Å². The van der Waals surface area contributed by atoms with Crippen LogP contribution in [0.3, 0.4) is 0 Å². The fourth-order valence-electron chi connectivity index (χ4n) is 2.50. The molecule has 1 aromatic rings. The number of piperidine rings is 1. The lowest BCUT2D eigenvalue weighted by atomic mass is 9.98. The largest absolute Gasteiger partial charge is 0.319 e. The van der Waals surface area contributed by atoms with Crippen molar-refractivity contribution < 1.29 is 8.42 Å². The molecule has 120 valence electrons. The predicted molar refractivity (Wildman–Crippen MR) is 89.1 cm³/mol. The zero-order chi connectivity index (χ0) is 14.8. The maximum absolute atomic E-state index is 12.6. The quantitative estimate of drug-likeness (QED) is 0.882. The summed E-state index contributed by atoms with van der Waals surface area (Å²) in [6, 6.07) is 4.74. The Kier molecular flexibility index (Phi) is 7.24. The Bertz CT molecular complexity index is 553. The number of hydrogen-bond donors (Lipinski definition) is 1. The second kappa shape index (κ2) is 7.99. The number of benzene rings is 1. The topological polar surface area (TPSA) is 49.4 Å². The van der Waals surface area contributed by atoms with Crippen LogP contribution in [0.15, 0.2) is 23.1 Å². The van der Waals surface area contributed by atoms with Crippen LogP contribution in [0.25, 0.3) is 0 Å². The Balaban J connectivity index is 0.00000220. The van der Waals surface area contributed by atoms with Gasteiger partial charge in [0.25, 0.3) is 0 Å². The van der Waals surface area contributed by atoms with E-state index in [0.29, 0.717) is 19.0 Å². The highest BCUT2D eigenvalue weighted by Crippen LogP contribution is 2.33. The molecule has 0 radical (unpaired) electrons. The fraction of sp³-hybridized carbons (Fsp3) is 0.538. The summed E-state index contributed by atoms with van der Waals surface area (Å²) in [5, 5.41) is 3.48. The zero-order valence-electron chi connectivity index (χ0n) is 11.7. The lowest BCUT2D eigenvalue weighted by Gasteiger charge is -2.31. The van der Waals surface area contributed by atoms with Gasteiger partial charge in [0.15, 0.2) is 0 Å². The van der Waals surface area contributed by atoms with Gasteiger partial charge in [-0.1, -0.05) is 29.3 Å². The van der Waals surface area contributed by atoms with Crippen molar-refractivity contribution in [2.45, 2.75) is 17.7 Å². The van der Waals surface area contributed by atoms with Crippen LogP contribution in [0, 0.1) is 5.92 Å². The third kappa shape index (κ3) is 4.24. The summed E-state index contributed by atoms with van der Waals surface area (Å²) < 4.78 is 26.7. The summed E-state index contributed by atoms with van der Waals surface area (Å²) in [4.78, 5) is 0.0235. The summed E-state index contributed by atoms with van der Waals surface area (Å²) >= 11 is 12.0. The van der Waals surface area contributed by atoms with Crippen molar-refractivity contribution in [1.29, 1.82) is 0 Å². The van der Waals surface area contributed by atoms with Gasteiger partial charge < -0.3 is 5.32 Å². The highest BCUT2D eigenvalue weighted by atomic mass is 35.5. The van der Waals surface area contributed by atoms with Crippen LogP contribution in [0.1, 0.15) is 12.8 Å². The SMILES string of the molecule is CNCC1CCN(S(=O)(=O)c2c(Cl)cccc2Cl)CC1.Cl. The van der Waals surface area contributed by atoms with Crippen LogP contribution in [0.4, 0.5) is 0 Å². The number of sulfonamides is 1. The van der Waals surface area contributed by atoms with Gasteiger partial charge in [-0.05, 0) is 44.5 Å². The van der Waals surface area contributed by atoms with E-state index >= 15 is 0 Å². The third-order valence-corrected chi connectivity index (χ3v) is 6.44. The molecule has 21 heavy (non-hydrogen) atoms. The molecule has 0 aliphatic carbocycles. The summed E-state index contributed by atoms with van der Waals surface area (Å²) in [6.45, 7) is 1.94. The molecule has 1 N–H and O–H groups in total. The smallest absolute Gasteiger partial charge is 0.246 e. The molecule has 0 amide bonds. The maximum Gasteiger partial charge on any atom is 0.246 e. The Hall–Kier alpha value is -0.0400. The zero-order valence-corrected chi connectivity index (χ0v) is 14.8. The molecule has 0 bridgehead atoms. The first-order valence-corrected chi connectivity index (χ1v) is 8.75. The molecule has 0 spiro atoms. The molecule has 1 heterocycles. The second-order valence-corrected chi connectivity index (χ2v) is 7.65. The molecule has 1 aliphatic heterocycles. The second-order valence-electron chi connectivity index (χ2n) is 4.96. The minimum absolute atomic E-state index is 0. The van der Waals surface area contributed by atoms with E-state index in [1.807, 2.05) is 7.05 Å². The molecule has 1 fully saturated rings. The van der Waals surface area contributed by atoms with Crippen LogP contribution < -0.4 is 5.32 Å². The predicted octanol–water partition coefficient (Wildman–Crippen LogP) is 3.04. The van der Waals surface area contributed by atoms with Gasteiger partial charge in [0.05, 0.1) is 10.0 Å². The van der Waals surface area contributed by atoms with Crippen LogP contribution >= 0.6 is 35.6 Å². The van der Waals surface area contributed by atoms with Gasteiger partial charge in [-0.2, -0.15) is 4.31 Å². The van der Waals surface area contributed by atoms with Gasteiger partial charge in [-0.3, -0.25) is 0 Å². The molecule has 0 saturated carbocycles. The number of nitrogens with zero attached hydrogens (tertiary/aromatic N) is 1. The van der Waals surface area contributed by atoms with E-state index in [2.05, 4.69) is 5.32 Å². The molecule has 2 rings (SSSR count). The number of rotatable bonds is 4. The van der Waals surface area contributed by atoms with Crippen molar-refractivity contribution in [2.75, 3.05) is 26.7 Å². The summed E-state index contributed by atoms with van der Waals surface area (Å²) in [5.74, 6) is 0.521. The monoisotopic (exact) mass is 372 g/mol. The molecule has 0 unspecified atom stereocenters. The van der Waals surface area contributed by atoms with Crippen LogP contribution in [0.5, 0.6) is 0 Å². The number of nitrogens with one attached hydrogen (secondary N) is 1. The Morgan fingerprint density at radius 3 is 2.24 bits per heavy atom. The molecular formula is C13H19Cl3N2O2S. The number of halogens is 3. The van der Waals surface area contributed by atoms with E-state index in [9.17, 15) is 8.42 Å². The van der Waals surface area contributed by atoms with Crippen LogP contribution in [0.2, 0.25) is 10.0 Å². The van der Waals surface area contributed by atoms with Gasteiger partial charge in [0.2, 0.25) is 10.0 Å². The van der Waals surface area contributed by atoms with Gasteiger partial charge in [0, 0.05) is 13.1 Å². The van der Waals surface area contributed by atoms with Gasteiger partial charge in [-0.15, -0.1) is 12.4 Å². The van der Waals surface area contributed by atoms with E-state index in [-0.39, 0.29) is 27.3 Å². The lowest BCUT2D eigenvalue weighted by Crippen LogP contribution is -2.40. The molecule has 1 aromatic carbocycles. The van der Waals surface area contributed by atoms with Crippen LogP contribution in [-0.4, -0.2) is 39.4 Å². The first kappa shape index (κ1) is 19.0. The molecule has 4 nitrogen and oxygen atoms in total. The molecule has 8 heteroatoms. The summed E-state index contributed by atoms with van der Waals surface area (Å²) in [5.41, 5.74) is 0. The van der Waals surface area contributed by atoms with Gasteiger partial charge >= 0.3 is 0 Å². The van der Waals surface area contributed by atoms with Crippen molar-refractivity contribution in [2.24, 2.45) is 5.92 Å².